The minimum absolute atomic E-state index is 0.131. The zero-order chi connectivity index (χ0) is 12.6. The van der Waals surface area contributed by atoms with Crippen LogP contribution >= 0.6 is 0 Å². The summed E-state index contributed by atoms with van der Waals surface area (Å²) in [5, 5.41) is 0. The number of hydrogen-bond acceptors (Lipinski definition) is 3. The predicted molar refractivity (Wildman–Crippen MR) is 62.7 cm³/mol. The van der Waals surface area contributed by atoms with Crippen LogP contribution in [0.3, 0.4) is 0 Å². The fourth-order valence-corrected chi connectivity index (χ4v) is 2.16. The SMILES string of the molecule is COc1ccc(C2(C)CC(=O)N(C)C2=O)cc1. The number of benzene rings is 1. The molecule has 0 spiro atoms. The number of carbonyl (C=O) groups excluding carboxylic acids is 2. The first-order valence-corrected chi connectivity index (χ1v) is 5.44. The molecule has 1 atom stereocenters. The molecule has 1 aromatic carbocycles. The molecule has 17 heavy (non-hydrogen) atoms. The molecule has 0 radical (unpaired) electrons. The van der Waals surface area contributed by atoms with Crippen molar-refractivity contribution in [2.24, 2.45) is 0 Å². The number of ether oxygens (including phenoxy) is 1. The van der Waals surface area contributed by atoms with Crippen molar-refractivity contribution in [1.29, 1.82) is 0 Å². The van der Waals surface area contributed by atoms with Gasteiger partial charge in [0.15, 0.2) is 0 Å². The normalized spacial score (nSPS) is 24.3. The van der Waals surface area contributed by atoms with Gasteiger partial charge in [0.05, 0.1) is 12.5 Å². The number of rotatable bonds is 2. The first kappa shape index (κ1) is 11.6. The zero-order valence-electron chi connectivity index (χ0n) is 10.2. The molecule has 1 heterocycles. The zero-order valence-corrected chi connectivity index (χ0v) is 10.2. The van der Waals surface area contributed by atoms with Gasteiger partial charge in [-0.3, -0.25) is 14.5 Å². The minimum atomic E-state index is -0.738. The van der Waals surface area contributed by atoms with Gasteiger partial charge in [-0.15, -0.1) is 0 Å². The van der Waals surface area contributed by atoms with Gasteiger partial charge in [-0.1, -0.05) is 12.1 Å². The monoisotopic (exact) mass is 233 g/mol. The van der Waals surface area contributed by atoms with Gasteiger partial charge in [0, 0.05) is 13.5 Å². The summed E-state index contributed by atoms with van der Waals surface area (Å²) >= 11 is 0. The van der Waals surface area contributed by atoms with E-state index in [1.54, 1.807) is 26.2 Å². The molecule has 1 aliphatic rings. The molecular weight excluding hydrogens is 218 g/mol. The molecule has 0 saturated carbocycles. The van der Waals surface area contributed by atoms with Crippen molar-refractivity contribution in [3.63, 3.8) is 0 Å². The van der Waals surface area contributed by atoms with E-state index in [0.717, 1.165) is 11.3 Å². The Kier molecular flexibility index (Phi) is 2.65. The van der Waals surface area contributed by atoms with Crippen LogP contribution in [0.15, 0.2) is 24.3 Å². The molecule has 0 aromatic heterocycles. The molecule has 0 N–H and O–H groups in total. The molecular formula is C13H15NO3. The van der Waals surface area contributed by atoms with Crippen molar-refractivity contribution < 1.29 is 14.3 Å². The molecule has 1 fully saturated rings. The Morgan fingerprint density at radius 1 is 1.24 bits per heavy atom. The smallest absolute Gasteiger partial charge is 0.239 e. The lowest BCUT2D eigenvalue weighted by molar-refractivity contribution is -0.138. The third kappa shape index (κ3) is 1.69. The Morgan fingerprint density at radius 2 is 1.82 bits per heavy atom. The number of hydrogen-bond donors (Lipinski definition) is 0. The van der Waals surface area contributed by atoms with Gasteiger partial charge in [0.2, 0.25) is 11.8 Å². The Labute approximate surface area is 100 Å². The molecule has 1 saturated heterocycles. The van der Waals surface area contributed by atoms with E-state index in [0.29, 0.717) is 0 Å². The number of likely N-dealkylation sites (N-methyl/N-ethyl adjacent to an activating group) is 1. The molecule has 4 nitrogen and oxygen atoms in total. The van der Waals surface area contributed by atoms with Gasteiger partial charge >= 0.3 is 0 Å². The molecule has 2 amide bonds. The third-order valence-corrected chi connectivity index (χ3v) is 3.38. The van der Waals surface area contributed by atoms with Gasteiger partial charge in [-0.25, -0.2) is 0 Å². The quantitative estimate of drug-likeness (QED) is 0.724. The Hall–Kier alpha value is -1.84. The van der Waals surface area contributed by atoms with Crippen LogP contribution in [0.1, 0.15) is 18.9 Å². The molecule has 0 aliphatic carbocycles. The van der Waals surface area contributed by atoms with E-state index in [1.807, 2.05) is 12.1 Å². The van der Waals surface area contributed by atoms with Crippen LogP contribution in [-0.2, 0) is 15.0 Å². The molecule has 4 heteroatoms. The second-order valence-corrected chi connectivity index (χ2v) is 4.50. The average Bonchev–Trinajstić information content (AvgIpc) is 2.55. The lowest BCUT2D eigenvalue weighted by Gasteiger charge is -2.21. The first-order valence-electron chi connectivity index (χ1n) is 5.44. The highest BCUT2D eigenvalue weighted by Gasteiger charge is 2.47. The largest absolute Gasteiger partial charge is 0.497 e. The van der Waals surface area contributed by atoms with Crippen molar-refractivity contribution in [3.05, 3.63) is 29.8 Å². The summed E-state index contributed by atoms with van der Waals surface area (Å²) in [6.07, 6.45) is 0.231. The number of methoxy groups -OCH3 is 1. The summed E-state index contributed by atoms with van der Waals surface area (Å²) in [6, 6.07) is 7.28. The minimum Gasteiger partial charge on any atom is -0.497 e. The van der Waals surface area contributed by atoms with Crippen molar-refractivity contribution >= 4 is 11.8 Å². The number of carbonyl (C=O) groups is 2. The van der Waals surface area contributed by atoms with E-state index in [1.165, 1.54) is 11.9 Å². The number of nitrogens with zero attached hydrogens (tertiary/aromatic N) is 1. The third-order valence-electron chi connectivity index (χ3n) is 3.38. The number of likely N-dealkylation sites (tertiary alicyclic amines) is 1. The van der Waals surface area contributed by atoms with Gasteiger partial charge in [-0.2, -0.15) is 0 Å². The van der Waals surface area contributed by atoms with Gasteiger partial charge in [0.1, 0.15) is 5.75 Å². The summed E-state index contributed by atoms with van der Waals surface area (Å²) in [7, 11) is 3.12. The van der Waals surface area contributed by atoms with E-state index < -0.39 is 5.41 Å². The standard InChI is InChI=1S/C13H15NO3/c1-13(8-11(15)14(2)12(13)16)9-4-6-10(17-3)7-5-9/h4-7H,8H2,1-3H3. The number of imide groups is 1. The second kappa shape index (κ2) is 3.87. The second-order valence-electron chi connectivity index (χ2n) is 4.50. The predicted octanol–water partition coefficient (Wildman–Crippen LogP) is 1.34. The van der Waals surface area contributed by atoms with Gasteiger partial charge in [-0.05, 0) is 24.6 Å². The van der Waals surface area contributed by atoms with E-state index in [2.05, 4.69) is 0 Å². The highest BCUT2D eigenvalue weighted by molar-refractivity contribution is 6.08. The van der Waals surface area contributed by atoms with Crippen LogP contribution in [0, 0.1) is 0 Å². The maximum Gasteiger partial charge on any atom is 0.239 e. The van der Waals surface area contributed by atoms with Crippen molar-refractivity contribution in [1.82, 2.24) is 4.90 Å². The van der Waals surface area contributed by atoms with Gasteiger partial charge < -0.3 is 4.74 Å². The van der Waals surface area contributed by atoms with Gasteiger partial charge in [0.25, 0.3) is 0 Å². The Bertz CT molecular complexity index is 466. The fourth-order valence-electron chi connectivity index (χ4n) is 2.16. The van der Waals surface area contributed by atoms with Crippen molar-refractivity contribution in [2.75, 3.05) is 14.2 Å². The maximum absolute atomic E-state index is 12.1. The van der Waals surface area contributed by atoms with Crippen LogP contribution in [-0.4, -0.2) is 30.9 Å². The molecule has 1 aliphatic heterocycles. The van der Waals surface area contributed by atoms with Crippen LogP contribution in [0.5, 0.6) is 5.75 Å². The Balaban J connectivity index is 2.38. The fraction of sp³-hybridized carbons (Fsp3) is 0.385. The van der Waals surface area contributed by atoms with Crippen LogP contribution in [0.2, 0.25) is 0 Å². The van der Waals surface area contributed by atoms with Crippen molar-refractivity contribution in [3.8, 4) is 5.75 Å². The Morgan fingerprint density at radius 3 is 2.24 bits per heavy atom. The number of amides is 2. The van der Waals surface area contributed by atoms with Crippen molar-refractivity contribution in [2.45, 2.75) is 18.8 Å². The van der Waals surface area contributed by atoms with E-state index in [-0.39, 0.29) is 18.2 Å². The maximum atomic E-state index is 12.1. The topological polar surface area (TPSA) is 46.6 Å². The summed E-state index contributed by atoms with van der Waals surface area (Å²) in [4.78, 5) is 24.8. The summed E-state index contributed by atoms with van der Waals surface area (Å²) < 4.78 is 5.07. The average molecular weight is 233 g/mol. The summed E-state index contributed by atoms with van der Waals surface area (Å²) in [5.41, 5.74) is 0.110. The van der Waals surface area contributed by atoms with E-state index >= 15 is 0 Å². The summed E-state index contributed by atoms with van der Waals surface area (Å²) in [6.45, 7) is 1.80. The molecule has 0 bridgehead atoms. The molecule has 1 aromatic rings. The molecule has 90 valence electrons. The van der Waals surface area contributed by atoms with Crippen LogP contribution in [0.25, 0.3) is 0 Å². The van der Waals surface area contributed by atoms with Crippen LogP contribution < -0.4 is 4.74 Å². The first-order chi connectivity index (χ1) is 7.99. The highest BCUT2D eigenvalue weighted by Crippen LogP contribution is 2.36. The molecule has 1 unspecified atom stereocenters. The van der Waals surface area contributed by atoms with E-state index in [9.17, 15) is 9.59 Å². The molecule has 2 rings (SSSR count). The van der Waals surface area contributed by atoms with E-state index in [4.69, 9.17) is 4.74 Å². The summed E-state index contributed by atoms with van der Waals surface area (Å²) in [5.74, 6) is 0.462. The van der Waals surface area contributed by atoms with Crippen LogP contribution in [0.4, 0.5) is 0 Å². The lowest BCUT2D eigenvalue weighted by atomic mass is 9.81. The lowest BCUT2D eigenvalue weighted by Crippen LogP contribution is -2.33. The highest BCUT2D eigenvalue weighted by atomic mass is 16.5.